The number of amides is 1. The highest BCUT2D eigenvalue weighted by Gasteiger charge is 2.33. The first-order valence-electron chi connectivity index (χ1n) is 4.12. The van der Waals surface area contributed by atoms with E-state index >= 15 is 0 Å². The molecule has 1 aliphatic heterocycles. The predicted octanol–water partition coefficient (Wildman–Crippen LogP) is 1.80. The van der Waals surface area contributed by atoms with E-state index in [0.29, 0.717) is 5.92 Å². The Balaban J connectivity index is 2.29. The van der Waals surface area contributed by atoms with Gasteiger partial charge in [-0.05, 0) is 34.8 Å². The smallest absolute Gasteiger partial charge is 0.267 e. The van der Waals surface area contributed by atoms with Crippen molar-refractivity contribution in [2.75, 3.05) is 0 Å². The normalized spacial score (nSPS) is 27.7. The number of nitrogens with zero attached hydrogens (tertiary/aromatic N) is 2. The lowest BCUT2D eigenvalue weighted by Gasteiger charge is -2.10. The van der Waals surface area contributed by atoms with Crippen LogP contribution < -0.4 is 0 Å². The molecule has 2 aliphatic rings. The quantitative estimate of drug-likeness (QED) is 0.700. The third-order valence-electron chi connectivity index (χ3n) is 2.16. The molecule has 4 heteroatoms. The summed E-state index contributed by atoms with van der Waals surface area (Å²) in [7, 11) is 0. The van der Waals surface area contributed by atoms with Gasteiger partial charge in [0.25, 0.3) is 5.91 Å². The summed E-state index contributed by atoms with van der Waals surface area (Å²) in [6.45, 7) is 0. The zero-order chi connectivity index (χ0) is 9.42. The fourth-order valence-corrected chi connectivity index (χ4v) is 1.96. The first-order valence-corrected chi connectivity index (χ1v) is 4.91. The number of dihydropyridines is 1. The van der Waals surface area contributed by atoms with E-state index < -0.39 is 5.92 Å². The Kier molecular flexibility index (Phi) is 2.04. The van der Waals surface area contributed by atoms with Gasteiger partial charge in [0.2, 0.25) is 0 Å². The van der Waals surface area contributed by atoms with Gasteiger partial charge in [0.05, 0.1) is 11.8 Å². The molecule has 1 fully saturated rings. The minimum atomic E-state index is -0.697. The summed E-state index contributed by atoms with van der Waals surface area (Å²) in [5, 5.41) is 8.61. The Bertz CT molecular complexity index is 360. The van der Waals surface area contributed by atoms with Gasteiger partial charge < -0.3 is 0 Å². The molecule has 1 atom stereocenters. The molecule has 0 aromatic carbocycles. The Morgan fingerprint density at radius 3 is 2.85 bits per heavy atom. The molecule has 0 radical (unpaired) electrons. The van der Waals surface area contributed by atoms with E-state index in [9.17, 15) is 4.79 Å². The highest BCUT2D eigenvalue weighted by atomic mass is 79.9. The van der Waals surface area contributed by atoms with Crippen LogP contribution in [0.3, 0.4) is 0 Å². The fourth-order valence-electron chi connectivity index (χ4n) is 1.28. The van der Waals surface area contributed by atoms with Gasteiger partial charge in [-0.2, -0.15) is 5.26 Å². The van der Waals surface area contributed by atoms with Gasteiger partial charge in [0.15, 0.2) is 0 Å². The molecule has 1 saturated carbocycles. The number of hydrogen-bond donors (Lipinski definition) is 0. The summed E-state index contributed by atoms with van der Waals surface area (Å²) in [5.74, 6) is -0.585. The molecule has 2 rings (SSSR count). The molecule has 0 saturated heterocycles. The second-order valence-corrected chi connectivity index (χ2v) is 4.09. The summed E-state index contributed by atoms with van der Waals surface area (Å²) < 4.78 is 0.821. The summed E-state index contributed by atoms with van der Waals surface area (Å²) in [5.41, 5.74) is 0.830. The average molecular weight is 239 g/mol. The zero-order valence-corrected chi connectivity index (χ0v) is 8.41. The molecule has 3 nitrogen and oxygen atoms in total. The molecule has 13 heavy (non-hydrogen) atoms. The van der Waals surface area contributed by atoms with Crippen molar-refractivity contribution >= 4 is 27.5 Å². The Morgan fingerprint density at radius 1 is 1.62 bits per heavy atom. The first-order chi connectivity index (χ1) is 6.22. The van der Waals surface area contributed by atoms with Gasteiger partial charge in [0.1, 0.15) is 5.92 Å². The van der Waals surface area contributed by atoms with Gasteiger partial charge in [-0.15, -0.1) is 0 Å². The highest BCUT2D eigenvalue weighted by molar-refractivity contribution is 9.12. The van der Waals surface area contributed by atoms with Crippen molar-refractivity contribution in [3.05, 3.63) is 10.6 Å². The lowest BCUT2D eigenvalue weighted by molar-refractivity contribution is -0.118. The lowest BCUT2D eigenvalue weighted by atomic mass is 10.0. The minimum absolute atomic E-state index is 0.326. The largest absolute Gasteiger partial charge is 0.271 e. The SMILES string of the molecule is N#CC1C=C(Br)C(C2CC2)=NC1=O. The maximum atomic E-state index is 11.2. The second kappa shape index (κ2) is 3.08. The van der Waals surface area contributed by atoms with Crippen LogP contribution in [-0.2, 0) is 4.79 Å². The topological polar surface area (TPSA) is 53.2 Å². The van der Waals surface area contributed by atoms with Crippen molar-refractivity contribution in [3.63, 3.8) is 0 Å². The van der Waals surface area contributed by atoms with Gasteiger partial charge in [-0.1, -0.05) is 0 Å². The van der Waals surface area contributed by atoms with Crippen LogP contribution in [0.5, 0.6) is 0 Å². The number of carbonyl (C=O) groups excluding carboxylic acids is 1. The van der Waals surface area contributed by atoms with Crippen LogP contribution in [0.25, 0.3) is 0 Å². The maximum Gasteiger partial charge on any atom is 0.267 e. The number of allylic oxidation sites excluding steroid dienone is 1. The monoisotopic (exact) mass is 238 g/mol. The molecular formula is C9H7BrN2O. The van der Waals surface area contributed by atoms with Crippen LogP contribution in [-0.4, -0.2) is 11.6 Å². The Hall–Kier alpha value is -0.950. The first kappa shape index (κ1) is 8.64. The third kappa shape index (κ3) is 1.56. The van der Waals surface area contributed by atoms with E-state index in [2.05, 4.69) is 20.9 Å². The highest BCUT2D eigenvalue weighted by Crippen LogP contribution is 2.36. The van der Waals surface area contributed by atoms with Crippen LogP contribution in [0.15, 0.2) is 15.6 Å². The summed E-state index contributed by atoms with van der Waals surface area (Å²) in [4.78, 5) is 15.2. The van der Waals surface area contributed by atoms with Crippen molar-refractivity contribution in [1.82, 2.24) is 0 Å². The van der Waals surface area contributed by atoms with Gasteiger partial charge in [0, 0.05) is 10.4 Å². The Morgan fingerprint density at radius 2 is 2.31 bits per heavy atom. The van der Waals surface area contributed by atoms with Crippen LogP contribution in [0.4, 0.5) is 0 Å². The maximum absolute atomic E-state index is 11.2. The van der Waals surface area contributed by atoms with Crippen molar-refractivity contribution in [2.45, 2.75) is 12.8 Å². The molecule has 1 heterocycles. The molecule has 66 valence electrons. The predicted molar refractivity (Wildman–Crippen MR) is 51.3 cm³/mol. The van der Waals surface area contributed by atoms with Crippen molar-refractivity contribution in [3.8, 4) is 6.07 Å². The zero-order valence-electron chi connectivity index (χ0n) is 6.83. The molecule has 1 amide bonds. The van der Waals surface area contributed by atoms with Gasteiger partial charge >= 0.3 is 0 Å². The van der Waals surface area contributed by atoms with E-state index in [4.69, 9.17) is 5.26 Å². The number of aliphatic imine (C=N–C) groups is 1. The van der Waals surface area contributed by atoms with Crippen LogP contribution >= 0.6 is 15.9 Å². The standard InChI is InChI=1S/C9H7BrN2O/c10-7-3-6(4-11)9(13)12-8(7)5-1-2-5/h3,5-6H,1-2H2. The summed E-state index contributed by atoms with van der Waals surface area (Å²) in [6.07, 6.45) is 3.85. The summed E-state index contributed by atoms with van der Waals surface area (Å²) >= 11 is 3.33. The number of carbonyl (C=O) groups is 1. The van der Waals surface area contributed by atoms with E-state index in [1.54, 1.807) is 6.08 Å². The number of halogens is 1. The molecule has 1 unspecified atom stereocenters. The molecular weight excluding hydrogens is 232 g/mol. The van der Waals surface area contributed by atoms with Crippen LogP contribution in [0.1, 0.15) is 12.8 Å². The molecule has 0 N–H and O–H groups in total. The second-order valence-electron chi connectivity index (χ2n) is 3.23. The molecule has 0 spiro atoms. The van der Waals surface area contributed by atoms with E-state index in [1.165, 1.54) is 0 Å². The number of rotatable bonds is 1. The third-order valence-corrected chi connectivity index (χ3v) is 2.83. The fraction of sp³-hybridized carbons (Fsp3) is 0.444. The van der Waals surface area contributed by atoms with Crippen LogP contribution in [0.2, 0.25) is 0 Å². The molecule has 0 bridgehead atoms. The lowest BCUT2D eigenvalue weighted by Crippen LogP contribution is -2.18. The number of nitriles is 1. The number of hydrogen-bond acceptors (Lipinski definition) is 2. The average Bonchev–Trinajstić information content (AvgIpc) is 2.91. The van der Waals surface area contributed by atoms with E-state index in [0.717, 1.165) is 23.0 Å². The van der Waals surface area contributed by atoms with Crippen molar-refractivity contribution in [2.24, 2.45) is 16.8 Å². The molecule has 0 aromatic heterocycles. The van der Waals surface area contributed by atoms with Gasteiger partial charge in [-0.25, -0.2) is 4.99 Å². The Labute approximate surface area is 84.3 Å². The van der Waals surface area contributed by atoms with Gasteiger partial charge in [-0.3, -0.25) is 4.79 Å². The van der Waals surface area contributed by atoms with Crippen molar-refractivity contribution < 1.29 is 4.79 Å². The summed E-state index contributed by atoms with van der Waals surface area (Å²) in [6, 6.07) is 1.90. The van der Waals surface area contributed by atoms with E-state index in [1.807, 2.05) is 6.07 Å². The van der Waals surface area contributed by atoms with Crippen LogP contribution in [0, 0.1) is 23.2 Å². The van der Waals surface area contributed by atoms with Crippen molar-refractivity contribution in [1.29, 1.82) is 5.26 Å². The molecule has 1 aliphatic carbocycles. The molecule has 0 aromatic rings. The van der Waals surface area contributed by atoms with E-state index in [-0.39, 0.29) is 5.91 Å². The minimum Gasteiger partial charge on any atom is -0.271 e.